The third-order valence-corrected chi connectivity index (χ3v) is 3.27. The van der Waals surface area contributed by atoms with Crippen LogP contribution in [0.4, 0.5) is 0 Å². The highest BCUT2D eigenvalue weighted by atomic mass is 32.2. The van der Waals surface area contributed by atoms with Crippen molar-refractivity contribution in [2.75, 3.05) is 13.0 Å². The Morgan fingerprint density at radius 1 is 1.46 bits per heavy atom. The zero-order valence-electron chi connectivity index (χ0n) is 6.98. The molecule has 1 aliphatic heterocycles. The molecule has 0 fully saturated rings. The standard InChI is InChI=1S/C8H8O4S/c1-11-6-2-3-7-8(4-6)13(9,10)5-12-7/h2-4H,5H2,1H3. The third-order valence-electron chi connectivity index (χ3n) is 1.86. The highest BCUT2D eigenvalue weighted by Crippen LogP contribution is 2.33. The van der Waals surface area contributed by atoms with Crippen molar-refractivity contribution in [2.24, 2.45) is 0 Å². The zero-order valence-corrected chi connectivity index (χ0v) is 7.80. The maximum absolute atomic E-state index is 11.3. The van der Waals surface area contributed by atoms with Gasteiger partial charge in [-0.2, -0.15) is 0 Å². The van der Waals surface area contributed by atoms with Crippen molar-refractivity contribution < 1.29 is 17.9 Å². The van der Waals surface area contributed by atoms with E-state index in [1.165, 1.54) is 13.2 Å². The number of fused-ring (bicyclic) bond motifs is 1. The molecule has 0 bridgehead atoms. The second-order valence-electron chi connectivity index (χ2n) is 2.69. The van der Waals surface area contributed by atoms with Crippen molar-refractivity contribution >= 4 is 9.84 Å². The summed E-state index contributed by atoms with van der Waals surface area (Å²) in [5, 5.41) is 0. The molecule has 0 unspecified atom stereocenters. The first kappa shape index (κ1) is 8.37. The maximum atomic E-state index is 11.3. The van der Waals surface area contributed by atoms with Crippen molar-refractivity contribution in [3.8, 4) is 11.5 Å². The molecule has 1 heterocycles. The van der Waals surface area contributed by atoms with Gasteiger partial charge in [-0.05, 0) is 12.1 Å². The molecule has 2 rings (SSSR count). The van der Waals surface area contributed by atoms with E-state index in [-0.39, 0.29) is 10.8 Å². The molecule has 0 radical (unpaired) electrons. The summed E-state index contributed by atoms with van der Waals surface area (Å²) in [6, 6.07) is 4.73. The number of ether oxygens (including phenoxy) is 2. The van der Waals surface area contributed by atoms with E-state index in [1.54, 1.807) is 12.1 Å². The number of benzene rings is 1. The molecule has 5 heteroatoms. The zero-order chi connectivity index (χ0) is 9.47. The van der Waals surface area contributed by atoms with E-state index >= 15 is 0 Å². The summed E-state index contributed by atoms with van der Waals surface area (Å²) in [5.41, 5.74) is 0. The van der Waals surface area contributed by atoms with E-state index in [0.29, 0.717) is 11.5 Å². The molecule has 0 amide bonds. The fraction of sp³-hybridized carbons (Fsp3) is 0.250. The number of methoxy groups -OCH3 is 1. The first-order chi connectivity index (χ1) is 6.13. The van der Waals surface area contributed by atoms with Crippen LogP contribution in [0, 0.1) is 0 Å². The van der Waals surface area contributed by atoms with Gasteiger partial charge in [-0.1, -0.05) is 0 Å². The molecule has 0 aromatic heterocycles. The van der Waals surface area contributed by atoms with Gasteiger partial charge in [0.1, 0.15) is 16.4 Å². The number of sulfone groups is 1. The van der Waals surface area contributed by atoms with Crippen molar-refractivity contribution in [3.05, 3.63) is 18.2 Å². The molecule has 4 nitrogen and oxygen atoms in total. The van der Waals surface area contributed by atoms with E-state index in [0.717, 1.165) is 0 Å². The minimum atomic E-state index is -3.24. The molecular weight excluding hydrogens is 192 g/mol. The topological polar surface area (TPSA) is 52.6 Å². The van der Waals surface area contributed by atoms with Crippen LogP contribution in [0.5, 0.6) is 11.5 Å². The smallest absolute Gasteiger partial charge is 0.217 e. The van der Waals surface area contributed by atoms with E-state index in [1.807, 2.05) is 0 Å². The van der Waals surface area contributed by atoms with Crippen molar-refractivity contribution in [1.29, 1.82) is 0 Å². The van der Waals surface area contributed by atoms with E-state index < -0.39 is 9.84 Å². The average Bonchev–Trinajstić information content (AvgIpc) is 2.42. The second kappa shape index (κ2) is 2.63. The number of hydrogen-bond donors (Lipinski definition) is 0. The third kappa shape index (κ3) is 1.25. The van der Waals surface area contributed by atoms with Crippen LogP contribution < -0.4 is 9.47 Å². The van der Waals surface area contributed by atoms with Crippen LogP contribution in [0.15, 0.2) is 23.1 Å². The minimum Gasteiger partial charge on any atom is -0.497 e. The molecule has 0 spiro atoms. The molecule has 0 saturated heterocycles. The molecular formula is C8H8O4S. The van der Waals surface area contributed by atoms with Gasteiger partial charge in [0.25, 0.3) is 0 Å². The van der Waals surface area contributed by atoms with E-state index in [4.69, 9.17) is 9.47 Å². The largest absolute Gasteiger partial charge is 0.497 e. The molecule has 0 N–H and O–H groups in total. The molecule has 1 aromatic carbocycles. The van der Waals surface area contributed by atoms with Crippen LogP contribution in [0.3, 0.4) is 0 Å². The lowest BCUT2D eigenvalue weighted by Crippen LogP contribution is -2.01. The van der Waals surface area contributed by atoms with Gasteiger partial charge in [0.2, 0.25) is 9.84 Å². The van der Waals surface area contributed by atoms with Gasteiger partial charge in [0.05, 0.1) is 7.11 Å². The molecule has 0 saturated carbocycles. The summed E-state index contributed by atoms with van der Waals surface area (Å²) in [7, 11) is -1.75. The van der Waals surface area contributed by atoms with Gasteiger partial charge in [-0.15, -0.1) is 0 Å². The SMILES string of the molecule is COc1ccc2c(c1)S(=O)(=O)CO2. The minimum absolute atomic E-state index is 0.215. The van der Waals surface area contributed by atoms with Gasteiger partial charge in [-0.25, -0.2) is 8.42 Å². The van der Waals surface area contributed by atoms with Crippen LogP contribution in [-0.4, -0.2) is 21.5 Å². The quantitative estimate of drug-likeness (QED) is 0.673. The lowest BCUT2D eigenvalue weighted by molar-refractivity contribution is 0.385. The lowest BCUT2D eigenvalue weighted by Gasteiger charge is -2.00. The van der Waals surface area contributed by atoms with Gasteiger partial charge in [0, 0.05) is 6.07 Å². The average molecular weight is 200 g/mol. The fourth-order valence-corrected chi connectivity index (χ4v) is 2.32. The van der Waals surface area contributed by atoms with Crippen molar-refractivity contribution in [2.45, 2.75) is 4.90 Å². The normalized spacial score (nSPS) is 17.6. The predicted molar refractivity (Wildman–Crippen MR) is 45.7 cm³/mol. The summed E-state index contributed by atoms with van der Waals surface area (Å²) in [6.45, 7) is 0. The Morgan fingerprint density at radius 3 is 2.92 bits per heavy atom. The van der Waals surface area contributed by atoms with E-state index in [2.05, 4.69) is 0 Å². The summed E-state index contributed by atoms with van der Waals surface area (Å²) in [5.74, 6) is 0.656. The molecule has 0 atom stereocenters. The van der Waals surface area contributed by atoms with Gasteiger partial charge in [0.15, 0.2) is 5.94 Å². The van der Waals surface area contributed by atoms with Crippen LogP contribution >= 0.6 is 0 Å². The van der Waals surface area contributed by atoms with Crippen molar-refractivity contribution in [1.82, 2.24) is 0 Å². The Labute approximate surface area is 76.0 Å². The fourth-order valence-electron chi connectivity index (χ4n) is 1.18. The van der Waals surface area contributed by atoms with Crippen LogP contribution in [-0.2, 0) is 9.84 Å². The molecule has 1 aromatic rings. The highest BCUT2D eigenvalue weighted by molar-refractivity contribution is 7.91. The number of hydrogen-bond acceptors (Lipinski definition) is 4. The maximum Gasteiger partial charge on any atom is 0.217 e. The molecule has 0 aliphatic carbocycles. The van der Waals surface area contributed by atoms with Crippen LogP contribution in [0.2, 0.25) is 0 Å². The van der Waals surface area contributed by atoms with Gasteiger partial charge in [-0.3, -0.25) is 0 Å². The van der Waals surface area contributed by atoms with Crippen molar-refractivity contribution in [3.63, 3.8) is 0 Å². The molecule has 13 heavy (non-hydrogen) atoms. The van der Waals surface area contributed by atoms with Crippen LogP contribution in [0.25, 0.3) is 0 Å². The monoisotopic (exact) mass is 200 g/mol. The summed E-state index contributed by atoms with van der Waals surface area (Å²) < 4.78 is 32.6. The molecule has 1 aliphatic rings. The Kier molecular flexibility index (Phi) is 1.69. The summed E-state index contributed by atoms with van der Waals surface area (Å²) in [4.78, 5) is 0.215. The van der Waals surface area contributed by atoms with E-state index in [9.17, 15) is 8.42 Å². The Balaban J connectivity index is 2.63. The Morgan fingerprint density at radius 2 is 2.23 bits per heavy atom. The van der Waals surface area contributed by atoms with Gasteiger partial charge >= 0.3 is 0 Å². The molecule has 70 valence electrons. The highest BCUT2D eigenvalue weighted by Gasteiger charge is 2.28. The Hall–Kier alpha value is -1.23. The lowest BCUT2D eigenvalue weighted by atomic mass is 10.3. The van der Waals surface area contributed by atoms with Gasteiger partial charge < -0.3 is 9.47 Å². The summed E-state index contributed by atoms with van der Waals surface area (Å²) in [6.07, 6.45) is 0. The number of rotatable bonds is 1. The Bertz CT molecular complexity index is 435. The van der Waals surface area contributed by atoms with Crippen LogP contribution in [0.1, 0.15) is 0 Å². The predicted octanol–water partition coefficient (Wildman–Crippen LogP) is 0.819. The first-order valence-electron chi connectivity index (χ1n) is 3.67. The second-order valence-corrected chi connectivity index (χ2v) is 4.59. The summed E-state index contributed by atoms with van der Waals surface area (Å²) >= 11 is 0. The first-order valence-corrected chi connectivity index (χ1v) is 5.32.